The molecule has 11 heteroatoms. The highest BCUT2D eigenvalue weighted by Gasteiger charge is 2.24. The first-order chi connectivity index (χ1) is 15.6. The van der Waals surface area contributed by atoms with Crippen LogP contribution in [0.2, 0.25) is 0 Å². The average Bonchev–Trinajstić information content (AvgIpc) is 3.31. The maximum absolute atomic E-state index is 12.4. The van der Waals surface area contributed by atoms with Gasteiger partial charge in [-0.2, -0.15) is 5.26 Å². The minimum Gasteiger partial charge on any atom is -0.463 e. The highest BCUT2D eigenvalue weighted by Crippen LogP contribution is 2.19. The van der Waals surface area contributed by atoms with E-state index in [9.17, 15) is 14.0 Å². The van der Waals surface area contributed by atoms with E-state index in [1.54, 1.807) is 17.2 Å². The third kappa shape index (κ3) is 6.94. The molecule has 2 amide bonds. The van der Waals surface area contributed by atoms with Gasteiger partial charge >= 0.3 is 6.09 Å². The van der Waals surface area contributed by atoms with E-state index in [-0.39, 0.29) is 24.3 Å². The lowest BCUT2D eigenvalue weighted by Crippen LogP contribution is -2.46. The van der Waals surface area contributed by atoms with E-state index < -0.39 is 13.0 Å². The number of aromatic nitrogens is 3. The summed E-state index contributed by atoms with van der Waals surface area (Å²) in [5.74, 6) is 0.188. The smallest absolute Gasteiger partial charge is 0.410 e. The molecule has 0 aliphatic carbocycles. The number of nitrogens with zero attached hydrogens (tertiary/aromatic N) is 4. The molecular formula is C21H25FN6O4. The van der Waals surface area contributed by atoms with Crippen molar-refractivity contribution in [1.82, 2.24) is 25.6 Å². The fourth-order valence-electron chi connectivity index (χ4n) is 3.48. The van der Waals surface area contributed by atoms with Crippen LogP contribution < -0.4 is 10.1 Å². The number of carbonyl (C=O) groups is 2. The minimum atomic E-state index is -1.01. The Morgan fingerprint density at radius 1 is 1.31 bits per heavy atom. The van der Waals surface area contributed by atoms with Gasteiger partial charge in [0.25, 0.3) is 0 Å². The van der Waals surface area contributed by atoms with Gasteiger partial charge in [-0.1, -0.05) is 5.21 Å². The van der Waals surface area contributed by atoms with Gasteiger partial charge < -0.3 is 19.7 Å². The fourth-order valence-corrected chi connectivity index (χ4v) is 3.48. The van der Waals surface area contributed by atoms with Crippen molar-refractivity contribution < 1.29 is 23.5 Å². The zero-order valence-electron chi connectivity index (χ0n) is 17.6. The van der Waals surface area contributed by atoms with Crippen LogP contribution in [0.25, 0.3) is 0 Å². The Kier molecular flexibility index (Phi) is 8.36. The van der Waals surface area contributed by atoms with Gasteiger partial charge in [0.2, 0.25) is 12.8 Å². The Labute approximate surface area is 184 Å². The molecule has 0 bridgehead atoms. The number of rotatable bonds is 9. The van der Waals surface area contributed by atoms with Crippen molar-refractivity contribution in [2.45, 2.75) is 44.8 Å². The largest absolute Gasteiger partial charge is 0.463 e. The molecule has 1 aromatic carbocycles. The molecule has 1 aromatic heterocycles. The summed E-state index contributed by atoms with van der Waals surface area (Å²) in [6, 6.07) is 6.48. The second-order valence-electron chi connectivity index (χ2n) is 7.43. The number of amides is 2. The molecule has 0 saturated carbocycles. The predicted molar refractivity (Wildman–Crippen MR) is 110 cm³/mol. The molecule has 0 unspecified atom stereocenters. The molecule has 1 saturated heterocycles. The summed E-state index contributed by atoms with van der Waals surface area (Å²) in [4.78, 5) is 26.1. The average molecular weight is 444 g/mol. The first kappa shape index (κ1) is 23.0. The Morgan fingerprint density at radius 2 is 2.12 bits per heavy atom. The van der Waals surface area contributed by atoms with Crippen molar-refractivity contribution in [1.29, 1.82) is 5.26 Å². The molecule has 170 valence electrons. The normalized spacial score (nSPS) is 13.9. The number of ether oxygens (including phenoxy) is 2. The topological polar surface area (TPSA) is 133 Å². The zero-order valence-corrected chi connectivity index (χ0v) is 17.6. The third-order valence-electron chi connectivity index (χ3n) is 5.10. The molecule has 0 atom stereocenters. The van der Waals surface area contributed by atoms with Crippen LogP contribution >= 0.6 is 0 Å². The Bertz CT molecular complexity index is 938. The van der Waals surface area contributed by atoms with Crippen molar-refractivity contribution in [2.75, 3.05) is 20.0 Å². The van der Waals surface area contributed by atoms with Crippen LogP contribution in [0.15, 0.2) is 24.4 Å². The van der Waals surface area contributed by atoms with Crippen molar-refractivity contribution in [3.05, 3.63) is 41.2 Å². The molecule has 2 heterocycles. The number of nitriles is 1. The van der Waals surface area contributed by atoms with E-state index in [4.69, 9.17) is 14.7 Å². The lowest BCUT2D eigenvalue weighted by Gasteiger charge is -2.31. The summed E-state index contributed by atoms with van der Waals surface area (Å²) in [5, 5.41) is 22.2. The van der Waals surface area contributed by atoms with Crippen LogP contribution in [0.5, 0.6) is 5.75 Å². The fraction of sp³-hybridized carbons (Fsp3) is 0.476. The first-order valence-corrected chi connectivity index (χ1v) is 10.4. The van der Waals surface area contributed by atoms with E-state index in [1.807, 2.05) is 6.07 Å². The second kappa shape index (κ2) is 11.6. The van der Waals surface area contributed by atoms with Crippen molar-refractivity contribution >= 4 is 12.0 Å². The standard InChI is InChI=1S/C21H25FN6O4/c22-14-32-19-9-15(11-23)8-16(10-19)13-31-21(30)28-6-4-17(5-7-28)25-20(29)3-1-2-18-12-24-27-26-18/h8-10,12,17H,1-7,13-14H2,(H,25,29)(H,24,26,27). The Morgan fingerprint density at radius 3 is 2.81 bits per heavy atom. The molecule has 0 radical (unpaired) electrons. The van der Waals surface area contributed by atoms with Crippen LogP contribution in [0, 0.1) is 11.3 Å². The summed E-state index contributed by atoms with van der Waals surface area (Å²) in [5.41, 5.74) is 1.66. The van der Waals surface area contributed by atoms with Gasteiger partial charge in [0.05, 0.1) is 17.3 Å². The summed E-state index contributed by atoms with van der Waals surface area (Å²) in [6.07, 6.45) is 4.30. The number of aryl methyl sites for hydroxylation is 1. The number of piperidine rings is 1. The molecular weight excluding hydrogens is 419 g/mol. The number of halogens is 1. The van der Waals surface area contributed by atoms with E-state index in [0.717, 1.165) is 5.69 Å². The molecule has 3 rings (SSSR count). The molecule has 2 aromatic rings. The van der Waals surface area contributed by atoms with E-state index in [1.165, 1.54) is 12.1 Å². The van der Waals surface area contributed by atoms with Gasteiger partial charge in [-0.15, -0.1) is 5.10 Å². The molecule has 10 nitrogen and oxygen atoms in total. The van der Waals surface area contributed by atoms with Crippen LogP contribution in [0.3, 0.4) is 0 Å². The number of H-pyrrole nitrogens is 1. The first-order valence-electron chi connectivity index (χ1n) is 10.4. The number of alkyl halides is 1. The number of nitrogens with one attached hydrogen (secondary N) is 2. The predicted octanol–water partition coefficient (Wildman–Crippen LogP) is 2.22. The quantitative estimate of drug-likeness (QED) is 0.606. The Balaban J connectivity index is 1.37. The van der Waals surface area contributed by atoms with Crippen LogP contribution in [-0.2, 0) is 22.6 Å². The number of aromatic amines is 1. The number of benzene rings is 1. The molecule has 1 aliphatic rings. The van der Waals surface area contributed by atoms with Crippen molar-refractivity contribution in [3.8, 4) is 11.8 Å². The molecule has 32 heavy (non-hydrogen) atoms. The summed E-state index contributed by atoms with van der Waals surface area (Å²) in [6.45, 7) is -0.130. The van der Waals surface area contributed by atoms with E-state index in [2.05, 4.69) is 20.7 Å². The number of hydrogen-bond donors (Lipinski definition) is 2. The maximum atomic E-state index is 12.4. The van der Waals surface area contributed by atoms with Crippen LogP contribution in [0.1, 0.15) is 42.5 Å². The number of likely N-dealkylation sites (tertiary alicyclic amines) is 1. The summed E-state index contributed by atoms with van der Waals surface area (Å²) < 4.78 is 22.5. The third-order valence-corrected chi connectivity index (χ3v) is 5.10. The van der Waals surface area contributed by atoms with Crippen LogP contribution in [-0.4, -0.2) is 58.3 Å². The zero-order chi connectivity index (χ0) is 22.8. The van der Waals surface area contributed by atoms with Crippen molar-refractivity contribution in [3.63, 3.8) is 0 Å². The maximum Gasteiger partial charge on any atom is 0.410 e. The van der Waals surface area contributed by atoms with Gasteiger partial charge in [0.1, 0.15) is 12.4 Å². The summed E-state index contributed by atoms with van der Waals surface area (Å²) >= 11 is 0. The monoisotopic (exact) mass is 444 g/mol. The van der Waals surface area contributed by atoms with Gasteiger partial charge in [-0.3, -0.25) is 9.89 Å². The second-order valence-corrected chi connectivity index (χ2v) is 7.43. The SMILES string of the molecule is N#Cc1cc(COC(=O)N2CCC(NC(=O)CCCc3c[nH]nn3)CC2)cc(OCF)c1. The molecule has 0 spiro atoms. The summed E-state index contributed by atoms with van der Waals surface area (Å²) in [7, 11) is 0. The highest BCUT2D eigenvalue weighted by atomic mass is 19.1. The highest BCUT2D eigenvalue weighted by molar-refractivity contribution is 5.76. The number of carbonyl (C=O) groups excluding carboxylic acids is 2. The van der Waals surface area contributed by atoms with Gasteiger partial charge in [0, 0.05) is 31.7 Å². The minimum absolute atomic E-state index is 0.0156. The van der Waals surface area contributed by atoms with Crippen LogP contribution in [0.4, 0.5) is 9.18 Å². The Hall–Kier alpha value is -3.68. The molecule has 1 fully saturated rings. The van der Waals surface area contributed by atoms with Gasteiger partial charge in [0.15, 0.2) is 0 Å². The number of hydrogen-bond acceptors (Lipinski definition) is 7. The van der Waals surface area contributed by atoms with Gasteiger partial charge in [-0.25, -0.2) is 9.18 Å². The van der Waals surface area contributed by atoms with E-state index in [0.29, 0.717) is 56.3 Å². The van der Waals surface area contributed by atoms with Gasteiger partial charge in [-0.05, 0) is 49.4 Å². The lowest BCUT2D eigenvalue weighted by atomic mass is 10.0. The molecule has 1 aliphatic heterocycles. The van der Waals surface area contributed by atoms with E-state index >= 15 is 0 Å². The molecule has 2 N–H and O–H groups in total. The lowest BCUT2D eigenvalue weighted by molar-refractivity contribution is -0.122. The van der Waals surface area contributed by atoms with Crippen molar-refractivity contribution in [2.24, 2.45) is 0 Å².